The molecule has 0 amide bonds. The topological polar surface area (TPSA) is 129 Å². The van der Waals surface area contributed by atoms with Crippen LogP contribution in [0.15, 0.2) is 72.5 Å². The number of non-ortho nitro benzene ring substituents is 2. The first kappa shape index (κ1) is 18.2. The third-order valence-electron chi connectivity index (χ3n) is 5.24. The molecule has 4 rings (SSSR count). The van der Waals surface area contributed by atoms with E-state index in [1.54, 1.807) is 12.1 Å². The molecule has 0 saturated heterocycles. The summed E-state index contributed by atoms with van der Waals surface area (Å²) in [6.07, 6.45) is 4.27. The zero-order valence-electron chi connectivity index (χ0n) is 14.8. The predicted octanol–water partition coefficient (Wildman–Crippen LogP) is 4.37. The van der Waals surface area contributed by atoms with Gasteiger partial charge in [-0.25, -0.2) is 0 Å². The number of nitro benzene ring substituents is 2. The van der Waals surface area contributed by atoms with Crippen molar-refractivity contribution in [3.8, 4) is 0 Å². The maximum Gasteiger partial charge on any atom is 0.269 e. The van der Waals surface area contributed by atoms with E-state index in [1.807, 2.05) is 0 Å². The molecule has 0 aromatic heterocycles. The number of hydrogen-bond donors (Lipinski definition) is 0. The van der Waals surface area contributed by atoms with E-state index < -0.39 is 26.6 Å². The Hall–Kier alpha value is -4.14. The monoisotopic (exact) mass is 391 g/mol. The average Bonchev–Trinajstić information content (AvgIpc) is 2.78. The van der Waals surface area contributed by atoms with Crippen LogP contribution in [0.3, 0.4) is 0 Å². The third kappa shape index (κ3) is 2.89. The summed E-state index contributed by atoms with van der Waals surface area (Å²) in [6.45, 7) is 4.02. The van der Waals surface area contributed by atoms with Crippen LogP contribution < -0.4 is 0 Å². The number of nitro groups is 3. The van der Waals surface area contributed by atoms with E-state index in [-0.39, 0.29) is 17.1 Å². The number of hydrogen-bond acceptors (Lipinski definition) is 6. The van der Waals surface area contributed by atoms with E-state index in [2.05, 4.69) is 6.58 Å². The van der Waals surface area contributed by atoms with Crippen molar-refractivity contribution in [1.82, 2.24) is 0 Å². The lowest BCUT2D eigenvalue weighted by Crippen LogP contribution is -2.19. The minimum absolute atomic E-state index is 0.104. The van der Waals surface area contributed by atoms with Gasteiger partial charge in [0.2, 0.25) is 0 Å². The highest BCUT2D eigenvalue weighted by atomic mass is 16.6. The second-order valence-electron chi connectivity index (χ2n) is 6.81. The molecule has 0 heterocycles. The number of nitrogens with zero attached hydrogens (tertiary/aromatic N) is 3. The number of benzene rings is 2. The first-order chi connectivity index (χ1) is 13.8. The van der Waals surface area contributed by atoms with Gasteiger partial charge >= 0.3 is 0 Å². The SMILES string of the molecule is C=C1/C=C\C([N+](=O)[O-])=C/C2c3cc([N+](=O)[O-])ccc3C1c1cc([N+](=O)[O-])ccc12. The van der Waals surface area contributed by atoms with Gasteiger partial charge in [0.15, 0.2) is 0 Å². The molecule has 0 N–H and O–H groups in total. The Bertz CT molecular complexity index is 1180. The molecule has 0 fully saturated rings. The average molecular weight is 391 g/mol. The zero-order valence-corrected chi connectivity index (χ0v) is 14.8. The van der Waals surface area contributed by atoms with Gasteiger partial charge < -0.3 is 0 Å². The lowest BCUT2D eigenvalue weighted by Gasteiger charge is -2.32. The van der Waals surface area contributed by atoms with Crippen molar-refractivity contribution in [3.63, 3.8) is 0 Å². The van der Waals surface area contributed by atoms with Crippen LogP contribution in [0.5, 0.6) is 0 Å². The molecule has 144 valence electrons. The van der Waals surface area contributed by atoms with Gasteiger partial charge in [0.1, 0.15) is 0 Å². The third-order valence-corrected chi connectivity index (χ3v) is 5.24. The largest absolute Gasteiger partial charge is 0.269 e. The highest BCUT2D eigenvalue weighted by Crippen LogP contribution is 2.49. The Morgan fingerprint density at radius 2 is 1.31 bits per heavy atom. The normalized spacial score (nSPS) is 22.2. The molecule has 2 aliphatic rings. The predicted molar refractivity (Wildman–Crippen MR) is 103 cm³/mol. The van der Waals surface area contributed by atoms with Gasteiger partial charge in [-0.05, 0) is 27.8 Å². The first-order valence-electron chi connectivity index (χ1n) is 8.57. The number of allylic oxidation sites excluding steroid dienone is 4. The molecule has 0 saturated carbocycles. The van der Waals surface area contributed by atoms with Gasteiger partial charge in [0, 0.05) is 48.3 Å². The van der Waals surface area contributed by atoms with Gasteiger partial charge in [0.05, 0.1) is 14.8 Å². The highest BCUT2D eigenvalue weighted by molar-refractivity contribution is 5.64. The second kappa shape index (κ2) is 6.48. The maximum atomic E-state index is 11.5. The van der Waals surface area contributed by atoms with E-state index in [9.17, 15) is 30.3 Å². The molecule has 9 heteroatoms. The van der Waals surface area contributed by atoms with E-state index in [1.165, 1.54) is 42.5 Å². The lowest BCUT2D eigenvalue weighted by molar-refractivity contribution is -0.419. The summed E-state index contributed by atoms with van der Waals surface area (Å²) in [5.74, 6) is -1.17. The van der Waals surface area contributed by atoms with E-state index in [0.717, 1.165) is 0 Å². The zero-order chi connectivity index (χ0) is 20.9. The van der Waals surface area contributed by atoms with Crippen molar-refractivity contribution in [1.29, 1.82) is 0 Å². The van der Waals surface area contributed by atoms with Crippen molar-refractivity contribution in [2.24, 2.45) is 0 Å². The fraction of sp³-hybridized carbons (Fsp3) is 0.100. The molecular weight excluding hydrogens is 378 g/mol. The van der Waals surface area contributed by atoms with E-state index in [4.69, 9.17) is 0 Å². The first-order valence-corrected chi connectivity index (χ1v) is 8.57. The molecule has 0 aliphatic heterocycles. The Morgan fingerprint density at radius 1 is 0.724 bits per heavy atom. The van der Waals surface area contributed by atoms with Crippen LogP contribution in [-0.2, 0) is 0 Å². The summed E-state index contributed by atoms with van der Waals surface area (Å²) < 4.78 is 0. The van der Waals surface area contributed by atoms with Crippen LogP contribution in [0.2, 0.25) is 0 Å². The van der Waals surface area contributed by atoms with Crippen LogP contribution in [0.4, 0.5) is 11.4 Å². The Labute approximate surface area is 163 Å². The van der Waals surface area contributed by atoms with Gasteiger partial charge in [-0.1, -0.05) is 24.8 Å². The van der Waals surface area contributed by atoms with Crippen molar-refractivity contribution < 1.29 is 14.8 Å². The van der Waals surface area contributed by atoms with Gasteiger partial charge in [-0.3, -0.25) is 30.3 Å². The minimum atomic E-state index is -0.659. The van der Waals surface area contributed by atoms with Crippen LogP contribution >= 0.6 is 0 Å². The molecule has 0 spiro atoms. The molecule has 0 radical (unpaired) electrons. The molecule has 9 nitrogen and oxygen atoms in total. The van der Waals surface area contributed by atoms with Gasteiger partial charge in [0.25, 0.3) is 17.1 Å². The van der Waals surface area contributed by atoms with Crippen LogP contribution in [0.25, 0.3) is 0 Å². The quantitative estimate of drug-likeness (QED) is 0.564. The van der Waals surface area contributed by atoms with Crippen molar-refractivity contribution in [2.75, 3.05) is 0 Å². The Balaban J connectivity index is 2.09. The van der Waals surface area contributed by atoms with Gasteiger partial charge in [-0.15, -0.1) is 0 Å². The Kier molecular flexibility index (Phi) is 4.08. The molecular formula is C20H13N3O6. The van der Waals surface area contributed by atoms with Gasteiger partial charge in [-0.2, -0.15) is 0 Å². The molecule has 2 aliphatic carbocycles. The molecule has 2 atom stereocenters. The minimum Gasteiger partial charge on any atom is -0.258 e. The maximum absolute atomic E-state index is 11.5. The summed E-state index contributed by atoms with van der Waals surface area (Å²) in [4.78, 5) is 32.5. The molecule has 2 unspecified atom stereocenters. The lowest BCUT2D eigenvalue weighted by atomic mass is 9.70. The summed E-state index contributed by atoms with van der Waals surface area (Å²) in [6, 6.07) is 8.69. The summed E-state index contributed by atoms with van der Waals surface area (Å²) >= 11 is 0. The second-order valence-corrected chi connectivity index (χ2v) is 6.81. The summed E-state index contributed by atoms with van der Waals surface area (Å²) in [5.41, 5.74) is 2.55. The molecule has 2 aromatic carbocycles. The van der Waals surface area contributed by atoms with Crippen molar-refractivity contribution in [2.45, 2.75) is 11.8 Å². The summed E-state index contributed by atoms with van der Waals surface area (Å²) in [7, 11) is 0. The fourth-order valence-corrected chi connectivity index (χ4v) is 3.97. The molecule has 2 aromatic rings. The fourth-order valence-electron chi connectivity index (χ4n) is 3.97. The molecule has 29 heavy (non-hydrogen) atoms. The van der Waals surface area contributed by atoms with Crippen molar-refractivity contribution in [3.05, 3.63) is 125 Å². The van der Waals surface area contributed by atoms with E-state index in [0.29, 0.717) is 27.8 Å². The molecule has 2 bridgehead atoms. The van der Waals surface area contributed by atoms with Crippen LogP contribution in [0, 0.1) is 30.3 Å². The Morgan fingerprint density at radius 3 is 1.90 bits per heavy atom. The van der Waals surface area contributed by atoms with Crippen LogP contribution in [-0.4, -0.2) is 14.8 Å². The number of rotatable bonds is 3. The van der Waals surface area contributed by atoms with E-state index >= 15 is 0 Å². The van der Waals surface area contributed by atoms with Crippen LogP contribution in [0.1, 0.15) is 34.1 Å². The smallest absolute Gasteiger partial charge is 0.258 e. The standard InChI is InChI=1S/C20H13N3O6/c1-11-2-3-12(21(24)25)8-17-15-6-4-14(23(28)29)10-19(15)20(11)16-7-5-13(22(26)27)9-18(16)17/h2-10,17,20H,1H2/b3-2-,12-8+. The number of fused-ring (bicyclic) bond motifs is 3. The highest BCUT2D eigenvalue weighted by Gasteiger charge is 2.36. The summed E-state index contributed by atoms with van der Waals surface area (Å²) in [5, 5.41) is 34.1. The van der Waals surface area contributed by atoms with Crippen molar-refractivity contribution >= 4 is 11.4 Å².